The summed E-state index contributed by atoms with van der Waals surface area (Å²) in [4.78, 5) is 11.9. The predicted molar refractivity (Wildman–Crippen MR) is 84.3 cm³/mol. The summed E-state index contributed by atoms with van der Waals surface area (Å²) in [7, 11) is 0. The summed E-state index contributed by atoms with van der Waals surface area (Å²) in [5.41, 5.74) is 0.294. The van der Waals surface area contributed by atoms with Gasteiger partial charge in [-0.3, -0.25) is 4.79 Å². The summed E-state index contributed by atoms with van der Waals surface area (Å²) < 4.78 is 0. The van der Waals surface area contributed by atoms with Crippen LogP contribution in [-0.2, 0) is 4.79 Å². The lowest BCUT2D eigenvalue weighted by Crippen LogP contribution is -2.45. The maximum Gasteiger partial charge on any atom is 0.306 e. The quantitative estimate of drug-likeness (QED) is 0.608. The van der Waals surface area contributed by atoms with Crippen molar-refractivity contribution >= 4 is 5.97 Å². The topological polar surface area (TPSA) is 57.5 Å². The molecule has 0 aromatic heterocycles. The highest BCUT2D eigenvalue weighted by Gasteiger charge is 2.72. The minimum absolute atomic E-state index is 0.0720. The first-order chi connectivity index (χ1) is 11.1. The molecule has 0 aromatic rings. The highest BCUT2D eigenvalue weighted by molar-refractivity contribution is 5.71. The van der Waals surface area contributed by atoms with Gasteiger partial charge in [-0.05, 0) is 91.3 Å². The molecular formula is C20H26O3. The number of aliphatic carboxylic acids is 1. The molecule has 3 heteroatoms. The molecule has 0 aromatic carbocycles. The lowest BCUT2D eigenvalue weighted by atomic mass is 9.56. The van der Waals surface area contributed by atoms with E-state index < -0.39 is 5.97 Å². The van der Waals surface area contributed by atoms with Crippen molar-refractivity contribution in [1.82, 2.24) is 0 Å². The predicted octanol–water partition coefficient (Wildman–Crippen LogP) is 2.94. The van der Waals surface area contributed by atoms with Crippen molar-refractivity contribution < 1.29 is 15.0 Å². The molecular weight excluding hydrogens is 288 g/mol. The van der Waals surface area contributed by atoms with Crippen molar-refractivity contribution in [3.05, 3.63) is 12.2 Å². The molecule has 23 heavy (non-hydrogen) atoms. The minimum Gasteiger partial charge on any atom is -0.481 e. The Balaban J connectivity index is 1.43. The van der Waals surface area contributed by atoms with E-state index in [0.29, 0.717) is 40.9 Å². The number of rotatable bonds is 2. The Morgan fingerprint density at radius 2 is 1.83 bits per heavy atom. The van der Waals surface area contributed by atoms with Gasteiger partial charge in [-0.1, -0.05) is 12.2 Å². The van der Waals surface area contributed by atoms with E-state index in [1.807, 2.05) is 0 Å². The van der Waals surface area contributed by atoms with E-state index in [4.69, 9.17) is 0 Å². The van der Waals surface area contributed by atoms with E-state index in [0.717, 1.165) is 24.7 Å². The van der Waals surface area contributed by atoms with Gasteiger partial charge in [0.1, 0.15) is 0 Å². The number of allylic oxidation sites excluding steroid dienone is 2. The normalized spacial score (nSPS) is 64.0. The van der Waals surface area contributed by atoms with Crippen LogP contribution in [0.2, 0.25) is 0 Å². The number of aliphatic hydroxyl groups is 1. The van der Waals surface area contributed by atoms with E-state index in [9.17, 15) is 15.0 Å². The molecule has 5 fully saturated rings. The summed E-state index contributed by atoms with van der Waals surface area (Å²) in [5.74, 6) is 4.51. The first-order valence-corrected chi connectivity index (χ1v) is 9.67. The Bertz CT molecular complexity index is 610. The molecule has 0 amide bonds. The van der Waals surface area contributed by atoms with Gasteiger partial charge in [0.25, 0.3) is 0 Å². The molecule has 6 bridgehead atoms. The fourth-order valence-corrected chi connectivity index (χ4v) is 8.93. The van der Waals surface area contributed by atoms with Crippen LogP contribution >= 0.6 is 0 Å². The molecule has 3 nitrogen and oxygen atoms in total. The van der Waals surface area contributed by atoms with E-state index in [1.165, 1.54) is 25.7 Å². The van der Waals surface area contributed by atoms with Crippen molar-refractivity contribution in [3.63, 3.8) is 0 Å². The average Bonchev–Trinajstić information content (AvgIpc) is 3.30. The second kappa shape index (κ2) is 4.04. The molecule has 2 N–H and O–H groups in total. The molecule has 6 aliphatic rings. The molecule has 0 aliphatic heterocycles. The van der Waals surface area contributed by atoms with Gasteiger partial charge in [-0.15, -0.1) is 0 Å². The van der Waals surface area contributed by atoms with Crippen LogP contribution < -0.4 is 0 Å². The molecule has 0 heterocycles. The lowest BCUT2D eigenvalue weighted by molar-refractivity contribution is -0.146. The Kier molecular flexibility index (Phi) is 2.36. The number of carboxylic acids is 1. The molecule has 11 unspecified atom stereocenters. The van der Waals surface area contributed by atoms with Crippen LogP contribution in [-0.4, -0.2) is 22.3 Å². The first-order valence-electron chi connectivity index (χ1n) is 9.67. The third-order valence-corrected chi connectivity index (χ3v) is 9.29. The molecule has 0 saturated heterocycles. The standard InChI is InChI=1S/C20H26O3/c21-16-6-11-4-12(16)5-15(11)20-7-13(14(8-20)19(22)23)17-9-1-2-10(3-9)18(17)20/h1-2,9-18,21H,3-8H2,(H,22,23). The minimum atomic E-state index is -0.537. The van der Waals surface area contributed by atoms with Gasteiger partial charge in [0.15, 0.2) is 0 Å². The molecule has 11 atom stereocenters. The van der Waals surface area contributed by atoms with Crippen molar-refractivity contribution in [2.75, 3.05) is 0 Å². The largest absolute Gasteiger partial charge is 0.481 e. The van der Waals surface area contributed by atoms with Gasteiger partial charge < -0.3 is 10.2 Å². The summed E-state index contributed by atoms with van der Waals surface area (Å²) in [5, 5.41) is 20.0. The number of aliphatic hydroxyl groups excluding tert-OH is 1. The maximum atomic E-state index is 11.9. The van der Waals surface area contributed by atoms with Gasteiger partial charge in [0, 0.05) is 0 Å². The molecule has 0 spiro atoms. The van der Waals surface area contributed by atoms with E-state index in [2.05, 4.69) is 12.2 Å². The number of carbonyl (C=O) groups is 1. The molecule has 0 radical (unpaired) electrons. The van der Waals surface area contributed by atoms with Crippen LogP contribution in [0.15, 0.2) is 12.2 Å². The van der Waals surface area contributed by atoms with Crippen molar-refractivity contribution in [1.29, 1.82) is 0 Å². The van der Waals surface area contributed by atoms with Gasteiger partial charge in [0.2, 0.25) is 0 Å². The van der Waals surface area contributed by atoms with E-state index in [-0.39, 0.29) is 12.0 Å². The first kappa shape index (κ1) is 13.5. The van der Waals surface area contributed by atoms with Crippen LogP contribution in [0.25, 0.3) is 0 Å². The monoisotopic (exact) mass is 314 g/mol. The fraction of sp³-hybridized carbons (Fsp3) is 0.850. The van der Waals surface area contributed by atoms with Crippen molar-refractivity contribution in [3.8, 4) is 0 Å². The SMILES string of the molecule is O=C(O)C1CC2(C3CC4CC3CC4O)CC1C1C3C=CC(C3)C12. The highest BCUT2D eigenvalue weighted by atomic mass is 16.4. The Morgan fingerprint density at radius 3 is 2.52 bits per heavy atom. The zero-order chi connectivity index (χ0) is 15.5. The van der Waals surface area contributed by atoms with Crippen LogP contribution in [0, 0.1) is 58.7 Å². The number of fused-ring (bicyclic) bond motifs is 11. The lowest BCUT2D eigenvalue weighted by Gasteiger charge is -2.48. The second-order valence-corrected chi connectivity index (χ2v) is 9.70. The van der Waals surface area contributed by atoms with E-state index >= 15 is 0 Å². The van der Waals surface area contributed by atoms with Gasteiger partial charge in [-0.25, -0.2) is 0 Å². The number of carboxylic acid groups (broad SMARTS) is 1. The summed E-state index contributed by atoms with van der Waals surface area (Å²) in [6.45, 7) is 0. The van der Waals surface area contributed by atoms with Crippen molar-refractivity contribution in [2.45, 2.75) is 44.6 Å². The summed E-state index contributed by atoms with van der Waals surface area (Å²) in [6, 6.07) is 0. The van der Waals surface area contributed by atoms with Crippen LogP contribution in [0.5, 0.6) is 0 Å². The van der Waals surface area contributed by atoms with Crippen LogP contribution in [0.3, 0.4) is 0 Å². The van der Waals surface area contributed by atoms with Crippen LogP contribution in [0.1, 0.15) is 38.5 Å². The third kappa shape index (κ3) is 1.41. The van der Waals surface area contributed by atoms with Crippen LogP contribution in [0.4, 0.5) is 0 Å². The summed E-state index contributed by atoms with van der Waals surface area (Å²) in [6.07, 6.45) is 11.6. The summed E-state index contributed by atoms with van der Waals surface area (Å²) >= 11 is 0. The van der Waals surface area contributed by atoms with Gasteiger partial charge in [0.05, 0.1) is 12.0 Å². The Labute approximate surface area is 137 Å². The third-order valence-electron chi connectivity index (χ3n) is 9.29. The fourth-order valence-electron chi connectivity index (χ4n) is 8.93. The average molecular weight is 314 g/mol. The second-order valence-electron chi connectivity index (χ2n) is 9.70. The highest BCUT2D eigenvalue weighted by Crippen LogP contribution is 2.77. The van der Waals surface area contributed by atoms with E-state index in [1.54, 1.807) is 0 Å². The number of hydrogen-bond donors (Lipinski definition) is 2. The molecule has 6 rings (SSSR count). The zero-order valence-electron chi connectivity index (χ0n) is 13.5. The van der Waals surface area contributed by atoms with Gasteiger partial charge in [-0.2, -0.15) is 0 Å². The van der Waals surface area contributed by atoms with Crippen molar-refractivity contribution in [2.24, 2.45) is 58.7 Å². The van der Waals surface area contributed by atoms with Gasteiger partial charge >= 0.3 is 5.97 Å². The Morgan fingerprint density at radius 1 is 1.00 bits per heavy atom. The smallest absolute Gasteiger partial charge is 0.306 e. The Hall–Kier alpha value is -0.830. The molecule has 124 valence electrons. The zero-order valence-corrected chi connectivity index (χ0v) is 13.5. The molecule has 5 saturated carbocycles. The maximum absolute atomic E-state index is 11.9. The number of hydrogen-bond acceptors (Lipinski definition) is 2. The molecule has 6 aliphatic carbocycles.